The molecule has 6 heteroatoms. The van der Waals surface area contributed by atoms with Crippen molar-refractivity contribution in [1.82, 2.24) is 4.90 Å². The van der Waals surface area contributed by atoms with E-state index in [1.165, 1.54) is 114 Å². The highest BCUT2D eigenvalue weighted by Crippen LogP contribution is 2.19. The fraction of sp³-hybridized carbons (Fsp3) is 0.837. The van der Waals surface area contributed by atoms with Gasteiger partial charge < -0.3 is 19.5 Å². The molecule has 0 atom stereocenters. The second kappa shape index (κ2) is 38.9. The predicted octanol–water partition coefficient (Wildman–Crippen LogP) is 13.3. The summed E-state index contributed by atoms with van der Waals surface area (Å²) >= 11 is 0. The van der Waals surface area contributed by atoms with Crippen molar-refractivity contribution in [3.05, 3.63) is 35.4 Å². The normalized spacial score (nSPS) is 11.5. The van der Waals surface area contributed by atoms with Crippen LogP contribution < -0.4 is 0 Å². The van der Waals surface area contributed by atoms with Crippen LogP contribution in [0.2, 0.25) is 0 Å². The highest BCUT2D eigenvalue weighted by Gasteiger charge is 2.14. The van der Waals surface area contributed by atoms with Crippen LogP contribution in [0.4, 0.5) is 0 Å². The van der Waals surface area contributed by atoms with Crippen LogP contribution in [0.5, 0.6) is 0 Å². The number of hydrogen-bond acceptors (Lipinski definition) is 6. The van der Waals surface area contributed by atoms with Crippen LogP contribution in [0.15, 0.2) is 24.3 Å². The quantitative estimate of drug-likeness (QED) is 0.0528. The number of carbonyl (C=O) groups is 2. The van der Waals surface area contributed by atoms with Crippen molar-refractivity contribution in [1.29, 1.82) is 0 Å². The number of rotatable bonds is 41. The third-order valence-corrected chi connectivity index (χ3v) is 11.2. The molecule has 0 saturated heterocycles. The summed E-state index contributed by atoms with van der Waals surface area (Å²) < 4.78 is 11.5. The molecular weight excluding hydrogens is 683 g/mol. The van der Waals surface area contributed by atoms with Gasteiger partial charge in [-0.25, -0.2) is 0 Å². The van der Waals surface area contributed by atoms with E-state index in [0.29, 0.717) is 19.4 Å². The maximum absolute atomic E-state index is 12.7. The van der Waals surface area contributed by atoms with Crippen molar-refractivity contribution < 1.29 is 24.2 Å². The molecule has 0 unspecified atom stereocenters. The molecule has 0 radical (unpaired) electrons. The van der Waals surface area contributed by atoms with Gasteiger partial charge >= 0.3 is 11.9 Å². The van der Waals surface area contributed by atoms with Crippen molar-refractivity contribution >= 4 is 11.9 Å². The number of ether oxygens (including phenoxy) is 2. The second-order valence-electron chi connectivity index (χ2n) is 16.4. The maximum atomic E-state index is 12.7. The smallest absolute Gasteiger partial charge is 0.306 e. The zero-order valence-electron chi connectivity index (χ0n) is 36.6. The van der Waals surface area contributed by atoms with E-state index in [9.17, 15) is 14.7 Å². The van der Waals surface area contributed by atoms with Crippen LogP contribution in [0.1, 0.15) is 225 Å². The molecule has 1 aromatic rings. The van der Waals surface area contributed by atoms with E-state index in [1.807, 2.05) is 0 Å². The van der Waals surface area contributed by atoms with Crippen LogP contribution in [0.25, 0.3) is 0 Å². The van der Waals surface area contributed by atoms with Crippen LogP contribution in [-0.4, -0.2) is 60.9 Å². The molecule has 6 nitrogen and oxygen atoms in total. The SMILES string of the molecule is CCCCCCCCC(CCCCCCCC)OC(=O)CCCCCCCN(CCO)CCCCCCCC(=O)OCCc1ccc(CCCCCC)cc1. The lowest BCUT2D eigenvalue weighted by Gasteiger charge is -2.21. The van der Waals surface area contributed by atoms with E-state index >= 15 is 0 Å². The minimum atomic E-state index is -0.0761. The first kappa shape index (κ1) is 51.1. The number of carbonyl (C=O) groups excluding carboxylic acids is 2. The minimum Gasteiger partial charge on any atom is -0.465 e. The number of aryl methyl sites for hydroxylation is 1. The van der Waals surface area contributed by atoms with Crippen molar-refractivity contribution in [2.75, 3.05) is 32.8 Å². The molecule has 0 fully saturated rings. The highest BCUT2D eigenvalue weighted by molar-refractivity contribution is 5.69. The summed E-state index contributed by atoms with van der Waals surface area (Å²) in [5.74, 6) is -0.0656. The molecule has 0 saturated carbocycles. The van der Waals surface area contributed by atoms with E-state index < -0.39 is 0 Å². The van der Waals surface area contributed by atoms with Crippen molar-refractivity contribution in [3.8, 4) is 0 Å². The first-order chi connectivity index (χ1) is 27.0. The van der Waals surface area contributed by atoms with Gasteiger partial charge in [0.25, 0.3) is 0 Å². The molecule has 0 aliphatic carbocycles. The summed E-state index contributed by atoms with van der Waals surface area (Å²) in [5, 5.41) is 9.58. The van der Waals surface area contributed by atoms with Crippen LogP contribution in [-0.2, 0) is 31.9 Å². The second-order valence-corrected chi connectivity index (χ2v) is 16.4. The van der Waals surface area contributed by atoms with Crippen LogP contribution in [0, 0.1) is 0 Å². The number of aliphatic hydroxyl groups excluding tert-OH is 1. The van der Waals surface area contributed by atoms with Gasteiger partial charge in [-0.3, -0.25) is 9.59 Å². The Hall–Kier alpha value is -1.92. The molecule has 0 bridgehead atoms. The van der Waals surface area contributed by atoms with Gasteiger partial charge in [-0.05, 0) is 88.4 Å². The Bertz CT molecular complexity index is 966. The Kier molecular flexibility index (Phi) is 36.2. The number of hydrogen-bond donors (Lipinski definition) is 1. The van der Waals surface area contributed by atoms with E-state index in [-0.39, 0.29) is 24.6 Å². The Morgan fingerprint density at radius 3 is 1.44 bits per heavy atom. The number of esters is 2. The maximum Gasteiger partial charge on any atom is 0.306 e. The molecule has 0 aliphatic heterocycles. The molecule has 0 aromatic heterocycles. The monoisotopic (exact) mass is 772 g/mol. The molecule has 1 aromatic carbocycles. The lowest BCUT2D eigenvalue weighted by atomic mass is 10.0. The fourth-order valence-electron chi connectivity index (χ4n) is 7.54. The fourth-order valence-corrected chi connectivity index (χ4v) is 7.54. The van der Waals surface area contributed by atoms with Crippen molar-refractivity contribution in [2.24, 2.45) is 0 Å². The molecule has 55 heavy (non-hydrogen) atoms. The molecular formula is C49H89NO5. The number of aliphatic hydroxyl groups is 1. The topological polar surface area (TPSA) is 76.1 Å². The summed E-state index contributed by atoms with van der Waals surface area (Å²) in [6, 6.07) is 8.80. The van der Waals surface area contributed by atoms with Crippen molar-refractivity contribution in [2.45, 2.75) is 232 Å². The lowest BCUT2D eigenvalue weighted by Crippen LogP contribution is -2.29. The lowest BCUT2D eigenvalue weighted by molar-refractivity contribution is -0.150. The number of unbranched alkanes of at least 4 members (excludes halogenated alkanes) is 21. The summed E-state index contributed by atoms with van der Waals surface area (Å²) in [4.78, 5) is 27.3. The third kappa shape index (κ3) is 32.8. The van der Waals surface area contributed by atoms with Gasteiger partial charge in [-0.15, -0.1) is 0 Å². The Balaban J connectivity index is 2.10. The van der Waals surface area contributed by atoms with Gasteiger partial charge in [0.05, 0.1) is 13.2 Å². The van der Waals surface area contributed by atoms with Crippen LogP contribution >= 0.6 is 0 Å². The predicted molar refractivity (Wildman–Crippen MR) is 234 cm³/mol. The molecule has 0 spiro atoms. The zero-order chi connectivity index (χ0) is 39.9. The first-order valence-electron chi connectivity index (χ1n) is 23.8. The zero-order valence-corrected chi connectivity index (χ0v) is 36.6. The summed E-state index contributed by atoms with van der Waals surface area (Å²) in [6.45, 7) is 10.2. The van der Waals surface area contributed by atoms with Gasteiger partial charge in [0, 0.05) is 25.8 Å². The van der Waals surface area contributed by atoms with E-state index in [2.05, 4.69) is 49.9 Å². The van der Waals surface area contributed by atoms with Crippen molar-refractivity contribution in [3.63, 3.8) is 0 Å². The molecule has 0 heterocycles. The average molecular weight is 772 g/mol. The number of nitrogens with zero attached hydrogens (tertiary/aromatic N) is 1. The Morgan fingerprint density at radius 1 is 0.509 bits per heavy atom. The van der Waals surface area contributed by atoms with Gasteiger partial charge in [0.1, 0.15) is 6.10 Å². The standard InChI is InChI=1S/C49H89NO5/c1-4-7-10-13-17-24-31-47(32-25-18-14-11-8-5-2)55-49(53)34-27-20-16-22-29-41-50(42-43-51)40-28-21-15-19-26-33-48(52)54-44-39-46-37-35-45(36-38-46)30-23-12-9-6-3/h35-38,47,51H,4-34,39-44H2,1-3H3. The molecule has 1 N–H and O–H groups in total. The van der Waals surface area contributed by atoms with Gasteiger partial charge in [-0.2, -0.15) is 0 Å². The van der Waals surface area contributed by atoms with Gasteiger partial charge in [0.2, 0.25) is 0 Å². The highest BCUT2D eigenvalue weighted by atomic mass is 16.5. The molecule has 0 amide bonds. The van der Waals surface area contributed by atoms with E-state index in [0.717, 1.165) is 110 Å². The third-order valence-electron chi connectivity index (χ3n) is 11.2. The average Bonchev–Trinajstić information content (AvgIpc) is 3.18. The van der Waals surface area contributed by atoms with E-state index in [1.54, 1.807) is 0 Å². The summed E-state index contributed by atoms with van der Waals surface area (Å²) in [7, 11) is 0. The minimum absolute atomic E-state index is 0.0105. The Labute approximate surface area is 340 Å². The molecule has 1 rings (SSSR count). The first-order valence-corrected chi connectivity index (χ1v) is 23.8. The largest absolute Gasteiger partial charge is 0.465 e. The van der Waals surface area contributed by atoms with E-state index in [4.69, 9.17) is 9.47 Å². The molecule has 320 valence electrons. The molecule has 0 aliphatic rings. The number of benzene rings is 1. The van der Waals surface area contributed by atoms with Gasteiger partial charge in [-0.1, -0.05) is 167 Å². The summed E-state index contributed by atoms with van der Waals surface area (Å²) in [5.41, 5.74) is 2.63. The van der Waals surface area contributed by atoms with Crippen LogP contribution in [0.3, 0.4) is 0 Å². The Morgan fingerprint density at radius 2 is 0.927 bits per heavy atom. The van der Waals surface area contributed by atoms with Gasteiger partial charge in [0.15, 0.2) is 0 Å². The summed E-state index contributed by atoms with van der Waals surface area (Å²) in [6.07, 6.45) is 36.5.